The number of sulfone groups is 1. The van der Waals surface area contributed by atoms with Crippen LogP contribution in [0.15, 0.2) is 12.3 Å². The molecule has 102 valence electrons. The average Bonchev–Trinajstić information content (AvgIpc) is 2.19. The summed E-state index contributed by atoms with van der Waals surface area (Å²) in [7, 11) is -7.06. The quantitative estimate of drug-likeness (QED) is 0.773. The van der Waals surface area contributed by atoms with Crippen LogP contribution in [0.25, 0.3) is 0 Å². The van der Waals surface area contributed by atoms with Gasteiger partial charge in [0.15, 0.2) is 0 Å². The predicted molar refractivity (Wildman–Crippen MR) is 70.5 cm³/mol. The molecule has 0 bridgehead atoms. The highest BCUT2D eigenvalue weighted by Crippen LogP contribution is 2.15. The smallest absolute Gasteiger partial charge is 0.234 e. The van der Waals surface area contributed by atoms with Gasteiger partial charge in [-0.2, -0.15) is 0 Å². The molecule has 18 heavy (non-hydrogen) atoms. The molecule has 1 rings (SSSR count). The van der Waals surface area contributed by atoms with Crippen LogP contribution in [-0.4, -0.2) is 39.6 Å². The van der Waals surface area contributed by atoms with Crippen molar-refractivity contribution >= 4 is 31.4 Å². The van der Waals surface area contributed by atoms with Crippen molar-refractivity contribution < 1.29 is 16.8 Å². The minimum atomic E-state index is -3.74. The molecular weight excluding hydrogens is 278 g/mol. The summed E-state index contributed by atoms with van der Waals surface area (Å²) in [6.45, 7) is 1.65. The van der Waals surface area contributed by atoms with Crippen molar-refractivity contribution in [2.24, 2.45) is 0 Å². The lowest BCUT2D eigenvalue weighted by Crippen LogP contribution is -2.23. The van der Waals surface area contributed by atoms with Gasteiger partial charge in [0.2, 0.25) is 10.0 Å². The fourth-order valence-corrected chi connectivity index (χ4v) is 3.86. The third kappa shape index (κ3) is 4.88. The molecule has 0 saturated carbocycles. The Morgan fingerprint density at radius 2 is 1.89 bits per heavy atom. The fourth-order valence-electron chi connectivity index (χ4n) is 1.16. The fraction of sp³-hybridized carbons (Fsp3) is 0.444. The Morgan fingerprint density at radius 3 is 2.39 bits per heavy atom. The van der Waals surface area contributed by atoms with E-state index < -0.39 is 31.4 Å². The number of aryl methyl sites for hydroxylation is 1. The summed E-state index contributed by atoms with van der Waals surface area (Å²) < 4.78 is 47.3. The highest BCUT2D eigenvalue weighted by Gasteiger charge is 2.16. The Labute approximate surface area is 106 Å². The highest BCUT2D eigenvalue weighted by atomic mass is 32.2. The molecule has 0 aliphatic rings. The summed E-state index contributed by atoms with van der Waals surface area (Å²) in [4.78, 5) is 3.84. The van der Waals surface area contributed by atoms with E-state index in [2.05, 4.69) is 9.71 Å². The maximum absolute atomic E-state index is 11.6. The summed E-state index contributed by atoms with van der Waals surface area (Å²) in [6.07, 6.45) is 2.30. The number of nitrogens with zero attached hydrogens (tertiary/aromatic N) is 1. The van der Waals surface area contributed by atoms with Gasteiger partial charge in [0, 0.05) is 6.26 Å². The van der Waals surface area contributed by atoms with Crippen LogP contribution >= 0.6 is 0 Å². The molecule has 1 heterocycles. The molecule has 0 unspecified atom stereocenters. The van der Waals surface area contributed by atoms with E-state index in [-0.39, 0.29) is 5.82 Å². The number of hydrogen-bond donors (Lipinski definition) is 2. The van der Waals surface area contributed by atoms with Crippen molar-refractivity contribution in [2.75, 3.05) is 28.2 Å². The van der Waals surface area contributed by atoms with Crippen LogP contribution in [0.2, 0.25) is 0 Å². The standard InChI is InChI=1S/C9H15N3O4S2/c1-7-5-8(10)6-11-9(7)12-18(15,16)4-3-17(2,13)14/h5-6H,3-4,10H2,1-2H3,(H,11,12). The molecule has 0 fully saturated rings. The summed E-state index contributed by atoms with van der Waals surface area (Å²) >= 11 is 0. The number of aromatic nitrogens is 1. The van der Waals surface area contributed by atoms with Crippen molar-refractivity contribution in [1.29, 1.82) is 0 Å². The molecule has 0 spiro atoms. The van der Waals surface area contributed by atoms with Gasteiger partial charge in [0.05, 0.1) is 23.4 Å². The van der Waals surface area contributed by atoms with E-state index in [1.54, 1.807) is 13.0 Å². The van der Waals surface area contributed by atoms with Gasteiger partial charge in [0.25, 0.3) is 0 Å². The summed E-state index contributed by atoms with van der Waals surface area (Å²) in [5.41, 5.74) is 6.48. The lowest BCUT2D eigenvalue weighted by atomic mass is 10.3. The average molecular weight is 293 g/mol. The lowest BCUT2D eigenvalue weighted by Gasteiger charge is -2.09. The molecular formula is C9H15N3O4S2. The number of hydrogen-bond acceptors (Lipinski definition) is 6. The maximum Gasteiger partial charge on any atom is 0.234 e. The summed E-state index contributed by atoms with van der Waals surface area (Å²) in [6, 6.07) is 1.57. The summed E-state index contributed by atoms with van der Waals surface area (Å²) in [5, 5.41) is 0. The minimum Gasteiger partial charge on any atom is -0.397 e. The van der Waals surface area contributed by atoms with E-state index in [1.165, 1.54) is 6.20 Å². The van der Waals surface area contributed by atoms with E-state index >= 15 is 0 Å². The third-order valence-electron chi connectivity index (χ3n) is 2.07. The summed E-state index contributed by atoms with van der Waals surface area (Å²) in [5.74, 6) is -0.786. The van der Waals surface area contributed by atoms with Gasteiger partial charge in [-0.25, -0.2) is 21.8 Å². The van der Waals surface area contributed by atoms with Crippen LogP contribution in [0.3, 0.4) is 0 Å². The van der Waals surface area contributed by atoms with Crippen LogP contribution in [-0.2, 0) is 19.9 Å². The Morgan fingerprint density at radius 1 is 1.28 bits per heavy atom. The monoisotopic (exact) mass is 293 g/mol. The molecule has 0 aliphatic heterocycles. The molecule has 0 atom stereocenters. The Hall–Kier alpha value is -1.35. The highest BCUT2D eigenvalue weighted by molar-refractivity contribution is 7.95. The molecule has 1 aromatic rings. The molecule has 0 aliphatic carbocycles. The van der Waals surface area contributed by atoms with Crippen molar-refractivity contribution in [3.63, 3.8) is 0 Å². The van der Waals surface area contributed by atoms with Gasteiger partial charge in [0.1, 0.15) is 15.7 Å². The van der Waals surface area contributed by atoms with E-state index in [0.717, 1.165) is 6.26 Å². The molecule has 0 aromatic carbocycles. The molecule has 0 saturated heterocycles. The SMILES string of the molecule is Cc1cc(N)cnc1NS(=O)(=O)CCS(C)(=O)=O. The maximum atomic E-state index is 11.6. The number of sulfonamides is 1. The predicted octanol–water partition coefficient (Wildman–Crippen LogP) is -0.241. The van der Waals surface area contributed by atoms with Crippen molar-refractivity contribution in [3.05, 3.63) is 17.8 Å². The first-order valence-corrected chi connectivity index (χ1v) is 8.71. The number of nitrogens with two attached hydrogens (primary N) is 1. The van der Waals surface area contributed by atoms with Crippen molar-refractivity contribution in [2.45, 2.75) is 6.92 Å². The minimum absolute atomic E-state index is 0.151. The number of anilines is 2. The lowest BCUT2D eigenvalue weighted by molar-refractivity contribution is 0.593. The number of rotatable bonds is 5. The van der Waals surface area contributed by atoms with E-state index in [4.69, 9.17) is 5.73 Å². The third-order valence-corrected chi connectivity index (χ3v) is 4.52. The molecule has 0 amide bonds. The molecule has 1 aromatic heterocycles. The van der Waals surface area contributed by atoms with Crippen LogP contribution < -0.4 is 10.5 Å². The zero-order valence-electron chi connectivity index (χ0n) is 10.0. The van der Waals surface area contributed by atoms with Gasteiger partial charge < -0.3 is 5.73 Å². The molecule has 0 radical (unpaired) electrons. The number of nitrogens with one attached hydrogen (secondary N) is 1. The van der Waals surface area contributed by atoms with Crippen molar-refractivity contribution in [1.82, 2.24) is 4.98 Å². The normalized spacial score (nSPS) is 12.3. The van der Waals surface area contributed by atoms with Gasteiger partial charge >= 0.3 is 0 Å². The first-order valence-electron chi connectivity index (χ1n) is 4.99. The van der Waals surface area contributed by atoms with Crippen molar-refractivity contribution in [3.8, 4) is 0 Å². The van der Waals surface area contributed by atoms with E-state index in [1.807, 2.05) is 0 Å². The first-order chi connectivity index (χ1) is 8.09. The topological polar surface area (TPSA) is 119 Å². The van der Waals surface area contributed by atoms with Gasteiger partial charge in [-0.1, -0.05) is 0 Å². The molecule has 3 N–H and O–H groups in total. The zero-order valence-corrected chi connectivity index (χ0v) is 11.7. The van der Waals surface area contributed by atoms with Gasteiger partial charge in [-0.05, 0) is 18.6 Å². The first kappa shape index (κ1) is 14.7. The Bertz CT molecular complexity index is 638. The zero-order chi connectivity index (χ0) is 14.0. The second kappa shape index (κ2) is 5.11. The van der Waals surface area contributed by atoms with Gasteiger partial charge in [-0.15, -0.1) is 0 Å². The van der Waals surface area contributed by atoms with Crippen LogP contribution in [0.1, 0.15) is 5.56 Å². The second-order valence-electron chi connectivity index (χ2n) is 3.98. The number of nitrogen functional groups attached to an aromatic ring is 1. The second-order valence-corrected chi connectivity index (χ2v) is 8.09. The van der Waals surface area contributed by atoms with Crippen LogP contribution in [0.5, 0.6) is 0 Å². The molecule has 7 nitrogen and oxygen atoms in total. The Balaban J connectivity index is 2.83. The van der Waals surface area contributed by atoms with Gasteiger partial charge in [-0.3, -0.25) is 4.72 Å². The Kier molecular flexibility index (Phi) is 4.17. The van der Waals surface area contributed by atoms with Crippen LogP contribution in [0.4, 0.5) is 11.5 Å². The van der Waals surface area contributed by atoms with E-state index in [0.29, 0.717) is 11.3 Å². The van der Waals surface area contributed by atoms with Crippen LogP contribution in [0, 0.1) is 6.92 Å². The molecule has 9 heteroatoms. The number of pyridine rings is 1. The van der Waals surface area contributed by atoms with E-state index in [9.17, 15) is 16.8 Å². The largest absolute Gasteiger partial charge is 0.397 e.